The van der Waals surface area contributed by atoms with Crippen molar-refractivity contribution in [2.45, 2.75) is 45.1 Å². The first kappa shape index (κ1) is 18.8. The fourth-order valence-corrected chi connectivity index (χ4v) is 2.88. The number of amides is 3. The number of likely N-dealkylation sites (tertiary alicyclic amines) is 1. The maximum atomic E-state index is 12.6. The number of nitrogens with zero attached hydrogens (tertiary/aromatic N) is 1. The zero-order valence-electron chi connectivity index (χ0n) is 14.5. The highest BCUT2D eigenvalue weighted by Gasteiger charge is 2.24. The average molecular weight is 347 g/mol. The molecule has 136 valence electrons. The van der Waals surface area contributed by atoms with E-state index in [0.717, 1.165) is 25.8 Å². The highest BCUT2D eigenvalue weighted by Crippen LogP contribution is 2.20. The number of nitrogens with one attached hydrogen (secondary N) is 2. The molecule has 1 aliphatic rings. The number of urea groups is 1. The molecule has 0 spiro atoms. The van der Waals surface area contributed by atoms with Gasteiger partial charge in [0.15, 0.2) is 0 Å². The Bertz CT molecular complexity index is 615. The molecule has 3 N–H and O–H groups in total. The molecular weight excluding hydrogens is 322 g/mol. The fourth-order valence-electron chi connectivity index (χ4n) is 2.88. The second kappa shape index (κ2) is 9.05. The molecule has 1 fully saturated rings. The van der Waals surface area contributed by atoms with Crippen LogP contribution in [0.2, 0.25) is 0 Å². The third-order valence-corrected chi connectivity index (χ3v) is 4.31. The summed E-state index contributed by atoms with van der Waals surface area (Å²) < 4.78 is 0. The predicted molar refractivity (Wildman–Crippen MR) is 94.7 cm³/mol. The van der Waals surface area contributed by atoms with Gasteiger partial charge in [0.1, 0.15) is 0 Å². The molecule has 25 heavy (non-hydrogen) atoms. The SMILES string of the molecule is CC1CCCCN1C(=O)c1ccc(NC(=O)NCCCC(=O)O)cc1. The summed E-state index contributed by atoms with van der Waals surface area (Å²) in [7, 11) is 0. The number of hydrogen-bond acceptors (Lipinski definition) is 3. The van der Waals surface area contributed by atoms with Gasteiger partial charge in [0.25, 0.3) is 5.91 Å². The van der Waals surface area contributed by atoms with Crippen LogP contribution in [0.5, 0.6) is 0 Å². The first-order chi connectivity index (χ1) is 12.0. The number of piperidine rings is 1. The van der Waals surface area contributed by atoms with E-state index in [1.165, 1.54) is 0 Å². The molecule has 3 amide bonds. The van der Waals surface area contributed by atoms with Gasteiger partial charge in [-0.15, -0.1) is 0 Å². The summed E-state index contributed by atoms with van der Waals surface area (Å²) in [5.74, 6) is -0.859. The van der Waals surface area contributed by atoms with Crippen LogP contribution < -0.4 is 10.6 Å². The maximum absolute atomic E-state index is 12.6. The first-order valence-electron chi connectivity index (χ1n) is 8.65. The smallest absolute Gasteiger partial charge is 0.319 e. The van der Waals surface area contributed by atoms with Crippen molar-refractivity contribution in [3.63, 3.8) is 0 Å². The molecule has 0 saturated carbocycles. The summed E-state index contributed by atoms with van der Waals surface area (Å²) in [6, 6.07) is 6.68. The number of rotatable bonds is 6. The second-order valence-corrected chi connectivity index (χ2v) is 6.30. The van der Waals surface area contributed by atoms with Gasteiger partial charge in [0.05, 0.1) is 0 Å². The van der Waals surface area contributed by atoms with Gasteiger partial charge < -0.3 is 20.6 Å². The normalized spacial score (nSPS) is 17.0. The van der Waals surface area contributed by atoms with E-state index in [1.807, 2.05) is 4.90 Å². The maximum Gasteiger partial charge on any atom is 0.319 e. The number of anilines is 1. The molecule has 1 atom stereocenters. The van der Waals surface area contributed by atoms with Gasteiger partial charge in [0, 0.05) is 36.8 Å². The molecule has 0 bridgehead atoms. The van der Waals surface area contributed by atoms with Gasteiger partial charge >= 0.3 is 12.0 Å². The summed E-state index contributed by atoms with van der Waals surface area (Å²) in [4.78, 5) is 36.6. The molecule has 2 rings (SSSR count). The van der Waals surface area contributed by atoms with Crippen molar-refractivity contribution < 1.29 is 19.5 Å². The number of benzene rings is 1. The predicted octanol–water partition coefficient (Wildman–Crippen LogP) is 2.69. The van der Waals surface area contributed by atoms with E-state index in [4.69, 9.17) is 5.11 Å². The molecule has 1 aliphatic heterocycles. The van der Waals surface area contributed by atoms with Crippen LogP contribution in [0.15, 0.2) is 24.3 Å². The van der Waals surface area contributed by atoms with Crippen molar-refractivity contribution in [2.24, 2.45) is 0 Å². The van der Waals surface area contributed by atoms with Crippen LogP contribution in [0.4, 0.5) is 10.5 Å². The molecule has 1 heterocycles. The second-order valence-electron chi connectivity index (χ2n) is 6.30. The highest BCUT2D eigenvalue weighted by atomic mass is 16.4. The number of aliphatic carboxylic acids is 1. The minimum absolute atomic E-state index is 0.0199. The summed E-state index contributed by atoms with van der Waals surface area (Å²) in [6.07, 6.45) is 3.64. The number of carbonyl (C=O) groups excluding carboxylic acids is 2. The quantitative estimate of drug-likeness (QED) is 0.689. The molecule has 7 heteroatoms. The summed E-state index contributed by atoms with van der Waals surface area (Å²) in [6.45, 7) is 3.15. The number of carboxylic acid groups (broad SMARTS) is 1. The van der Waals surface area contributed by atoms with Gasteiger partial charge in [-0.1, -0.05) is 0 Å². The molecule has 0 radical (unpaired) electrons. The van der Waals surface area contributed by atoms with Crippen molar-refractivity contribution in [3.05, 3.63) is 29.8 Å². The Kier molecular flexibility index (Phi) is 6.80. The van der Waals surface area contributed by atoms with E-state index in [1.54, 1.807) is 24.3 Å². The minimum atomic E-state index is -0.884. The fraction of sp³-hybridized carbons (Fsp3) is 0.500. The topological polar surface area (TPSA) is 98.7 Å². The van der Waals surface area contributed by atoms with Gasteiger partial charge in [-0.3, -0.25) is 9.59 Å². The molecule has 1 aromatic carbocycles. The largest absolute Gasteiger partial charge is 0.481 e. The lowest BCUT2D eigenvalue weighted by atomic mass is 10.0. The summed E-state index contributed by atoms with van der Waals surface area (Å²) in [5, 5.41) is 13.8. The van der Waals surface area contributed by atoms with Crippen LogP contribution in [-0.2, 0) is 4.79 Å². The average Bonchev–Trinajstić information content (AvgIpc) is 2.59. The van der Waals surface area contributed by atoms with E-state index in [-0.39, 0.29) is 18.4 Å². The minimum Gasteiger partial charge on any atom is -0.481 e. The Labute approximate surface area is 147 Å². The number of carboxylic acids is 1. The third-order valence-electron chi connectivity index (χ3n) is 4.31. The lowest BCUT2D eigenvalue weighted by Gasteiger charge is -2.33. The standard InChI is InChI=1S/C18H25N3O4/c1-13-5-2-3-12-21(13)17(24)14-7-9-15(10-8-14)20-18(25)19-11-4-6-16(22)23/h7-10,13H,2-6,11-12H2,1H3,(H,22,23)(H2,19,20,25). The zero-order chi connectivity index (χ0) is 18.2. The van der Waals surface area contributed by atoms with Crippen LogP contribution in [0.3, 0.4) is 0 Å². The Morgan fingerprint density at radius 3 is 2.56 bits per heavy atom. The van der Waals surface area contributed by atoms with Crippen molar-refractivity contribution in [1.29, 1.82) is 0 Å². The van der Waals surface area contributed by atoms with E-state index < -0.39 is 12.0 Å². The van der Waals surface area contributed by atoms with E-state index >= 15 is 0 Å². The van der Waals surface area contributed by atoms with Crippen LogP contribution in [0.1, 0.15) is 49.4 Å². The molecule has 7 nitrogen and oxygen atoms in total. The van der Waals surface area contributed by atoms with E-state index in [9.17, 15) is 14.4 Å². The monoisotopic (exact) mass is 347 g/mol. The molecule has 0 aromatic heterocycles. The Morgan fingerprint density at radius 2 is 1.92 bits per heavy atom. The summed E-state index contributed by atoms with van der Waals surface area (Å²) >= 11 is 0. The van der Waals surface area contributed by atoms with Gasteiger partial charge in [-0.2, -0.15) is 0 Å². The Balaban J connectivity index is 1.83. The molecule has 1 aromatic rings. The van der Waals surface area contributed by atoms with Crippen LogP contribution >= 0.6 is 0 Å². The number of carbonyl (C=O) groups is 3. The van der Waals surface area contributed by atoms with Gasteiger partial charge in [-0.05, 0) is 56.9 Å². The van der Waals surface area contributed by atoms with E-state index in [0.29, 0.717) is 24.2 Å². The Hall–Kier alpha value is -2.57. The van der Waals surface area contributed by atoms with Gasteiger partial charge in [-0.25, -0.2) is 4.79 Å². The van der Waals surface area contributed by atoms with Crippen LogP contribution in [0.25, 0.3) is 0 Å². The molecule has 1 saturated heterocycles. The van der Waals surface area contributed by atoms with Crippen molar-refractivity contribution in [3.8, 4) is 0 Å². The van der Waals surface area contributed by atoms with Crippen LogP contribution in [0, 0.1) is 0 Å². The Morgan fingerprint density at radius 1 is 1.20 bits per heavy atom. The van der Waals surface area contributed by atoms with Crippen LogP contribution in [-0.4, -0.2) is 47.0 Å². The highest BCUT2D eigenvalue weighted by molar-refractivity contribution is 5.95. The van der Waals surface area contributed by atoms with Crippen molar-refractivity contribution >= 4 is 23.6 Å². The molecule has 0 aliphatic carbocycles. The van der Waals surface area contributed by atoms with Crippen molar-refractivity contribution in [1.82, 2.24) is 10.2 Å². The molecule has 1 unspecified atom stereocenters. The third kappa shape index (κ3) is 5.77. The van der Waals surface area contributed by atoms with Gasteiger partial charge in [0.2, 0.25) is 0 Å². The first-order valence-corrected chi connectivity index (χ1v) is 8.65. The zero-order valence-corrected chi connectivity index (χ0v) is 14.5. The van der Waals surface area contributed by atoms with Crippen molar-refractivity contribution in [2.75, 3.05) is 18.4 Å². The summed E-state index contributed by atoms with van der Waals surface area (Å²) in [5.41, 5.74) is 1.19. The lowest BCUT2D eigenvalue weighted by molar-refractivity contribution is -0.137. The molecular formula is C18H25N3O4. The lowest BCUT2D eigenvalue weighted by Crippen LogP contribution is -2.42. The van der Waals surface area contributed by atoms with E-state index in [2.05, 4.69) is 17.6 Å². The number of hydrogen-bond donors (Lipinski definition) is 3.